The van der Waals surface area contributed by atoms with Gasteiger partial charge in [-0.25, -0.2) is 17.2 Å². The fourth-order valence-electron chi connectivity index (χ4n) is 3.07. The number of hydrogen-bond acceptors (Lipinski definition) is 5. The fourth-order valence-corrected chi connectivity index (χ4v) is 3.75. The number of hydrogen-bond donors (Lipinski definition) is 1. The number of amides is 1. The highest BCUT2D eigenvalue weighted by Gasteiger charge is 2.28. The maximum atomic E-state index is 14.0. The molecule has 2 unspecified atom stereocenters. The van der Waals surface area contributed by atoms with Gasteiger partial charge < -0.3 is 10.6 Å². The van der Waals surface area contributed by atoms with Crippen molar-refractivity contribution in [3.8, 4) is 0 Å². The molecule has 0 spiro atoms. The Balaban J connectivity index is 1.90. The molecule has 2 atom stereocenters. The Bertz CT molecular complexity index is 750. The van der Waals surface area contributed by atoms with Crippen molar-refractivity contribution in [1.82, 2.24) is 9.80 Å². The van der Waals surface area contributed by atoms with Gasteiger partial charge in [0.2, 0.25) is 5.91 Å². The van der Waals surface area contributed by atoms with Gasteiger partial charge in [-0.05, 0) is 19.4 Å². The number of piperazine rings is 1. The first-order valence-corrected chi connectivity index (χ1v) is 10.6. The third-order valence-electron chi connectivity index (χ3n) is 4.70. The van der Waals surface area contributed by atoms with E-state index in [4.69, 9.17) is 5.73 Å². The van der Waals surface area contributed by atoms with Crippen molar-refractivity contribution in [1.29, 1.82) is 0 Å². The predicted octanol–water partition coefficient (Wildman–Crippen LogP) is 0.932. The standard InChI is InChI=1S/C17H25F2N3O3S/c1-12(14-4-3-13(18)11-15(14)19)21-6-8-22(9-7-21)17(23)16(20)5-10-26(2,24)25/h3-4,11-12,16H,5-10,20H2,1-2H3. The summed E-state index contributed by atoms with van der Waals surface area (Å²) in [6, 6.07) is 2.45. The summed E-state index contributed by atoms with van der Waals surface area (Å²) in [6.07, 6.45) is 1.20. The zero-order chi connectivity index (χ0) is 19.5. The quantitative estimate of drug-likeness (QED) is 0.783. The number of carbonyl (C=O) groups excluding carboxylic acids is 1. The van der Waals surface area contributed by atoms with Crippen LogP contribution in [0, 0.1) is 11.6 Å². The van der Waals surface area contributed by atoms with Gasteiger partial charge in [0.05, 0.1) is 11.8 Å². The summed E-state index contributed by atoms with van der Waals surface area (Å²) < 4.78 is 49.4. The molecule has 0 aliphatic carbocycles. The van der Waals surface area contributed by atoms with Crippen molar-refractivity contribution in [2.24, 2.45) is 5.73 Å². The first-order valence-electron chi connectivity index (χ1n) is 8.49. The van der Waals surface area contributed by atoms with Crippen LogP contribution in [0.15, 0.2) is 18.2 Å². The summed E-state index contributed by atoms with van der Waals surface area (Å²) in [5.74, 6) is -1.59. The molecular formula is C17H25F2N3O3S. The van der Waals surface area contributed by atoms with E-state index in [9.17, 15) is 22.0 Å². The minimum atomic E-state index is -3.16. The predicted molar refractivity (Wildman–Crippen MR) is 95.2 cm³/mol. The molecular weight excluding hydrogens is 364 g/mol. The summed E-state index contributed by atoms with van der Waals surface area (Å²) in [5.41, 5.74) is 6.23. The van der Waals surface area contributed by atoms with Crippen LogP contribution in [0.25, 0.3) is 0 Å². The van der Waals surface area contributed by atoms with Crippen LogP contribution in [-0.2, 0) is 14.6 Å². The van der Waals surface area contributed by atoms with Gasteiger partial charge in [-0.2, -0.15) is 0 Å². The Morgan fingerprint density at radius 3 is 2.38 bits per heavy atom. The lowest BCUT2D eigenvalue weighted by molar-refractivity contribution is -0.134. The molecule has 2 rings (SSSR count). The minimum Gasteiger partial charge on any atom is -0.339 e. The van der Waals surface area contributed by atoms with Gasteiger partial charge in [0.1, 0.15) is 21.5 Å². The van der Waals surface area contributed by atoms with Crippen LogP contribution >= 0.6 is 0 Å². The van der Waals surface area contributed by atoms with E-state index < -0.39 is 27.5 Å². The van der Waals surface area contributed by atoms with Crippen LogP contribution < -0.4 is 5.73 Å². The molecule has 1 amide bonds. The van der Waals surface area contributed by atoms with Crippen LogP contribution in [0.1, 0.15) is 24.9 Å². The molecule has 9 heteroatoms. The molecule has 6 nitrogen and oxygen atoms in total. The molecule has 1 fully saturated rings. The van der Waals surface area contributed by atoms with Gasteiger partial charge in [-0.3, -0.25) is 9.69 Å². The van der Waals surface area contributed by atoms with Crippen molar-refractivity contribution >= 4 is 15.7 Å². The first-order chi connectivity index (χ1) is 12.1. The smallest absolute Gasteiger partial charge is 0.239 e. The average Bonchev–Trinajstić information content (AvgIpc) is 2.58. The molecule has 0 bridgehead atoms. The highest BCUT2D eigenvalue weighted by Crippen LogP contribution is 2.24. The minimum absolute atomic E-state index is 0.0923. The lowest BCUT2D eigenvalue weighted by Crippen LogP contribution is -2.53. The van der Waals surface area contributed by atoms with Crippen LogP contribution in [0.3, 0.4) is 0 Å². The molecule has 1 saturated heterocycles. The maximum absolute atomic E-state index is 14.0. The summed E-state index contributed by atoms with van der Waals surface area (Å²) >= 11 is 0. The van der Waals surface area contributed by atoms with Crippen LogP contribution in [0.4, 0.5) is 8.78 Å². The topological polar surface area (TPSA) is 83.7 Å². The Hall–Kier alpha value is -1.58. The number of sulfone groups is 1. The average molecular weight is 389 g/mol. The van der Waals surface area contributed by atoms with Crippen molar-refractivity contribution in [2.75, 3.05) is 38.2 Å². The highest BCUT2D eigenvalue weighted by molar-refractivity contribution is 7.90. The van der Waals surface area contributed by atoms with E-state index in [2.05, 4.69) is 0 Å². The zero-order valence-electron chi connectivity index (χ0n) is 15.0. The van der Waals surface area contributed by atoms with Gasteiger partial charge in [-0.1, -0.05) is 6.07 Å². The number of rotatable bonds is 6. The number of halogens is 2. The molecule has 0 saturated carbocycles. The van der Waals surface area contributed by atoms with E-state index in [1.807, 2.05) is 11.8 Å². The number of carbonyl (C=O) groups is 1. The molecule has 1 heterocycles. The van der Waals surface area contributed by atoms with Gasteiger partial charge in [0, 0.05) is 50.1 Å². The van der Waals surface area contributed by atoms with Crippen LogP contribution in [-0.4, -0.2) is 68.4 Å². The number of nitrogens with two attached hydrogens (primary N) is 1. The summed E-state index contributed by atoms with van der Waals surface area (Å²) in [7, 11) is -3.16. The second-order valence-electron chi connectivity index (χ2n) is 6.73. The highest BCUT2D eigenvalue weighted by atomic mass is 32.2. The molecule has 1 aliphatic heterocycles. The van der Waals surface area contributed by atoms with Gasteiger partial charge in [0.15, 0.2) is 0 Å². The Labute approximate surface area is 152 Å². The normalized spacial score (nSPS) is 18.6. The molecule has 1 aromatic rings. The SMILES string of the molecule is CC(c1ccc(F)cc1F)N1CCN(C(=O)C(N)CCS(C)(=O)=O)CC1. The molecule has 1 aliphatic rings. The van der Waals surface area contributed by atoms with Crippen LogP contribution in [0.2, 0.25) is 0 Å². The molecule has 1 aromatic carbocycles. The second-order valence-corrected chi connectivity index (χ2v) is 8.99. The molecule has 26 heavy (non-hydrogen) atoms. The molecule has 0 radical (unpaired) electrons. The van der Waals surface area contributed by atoms with Crippen molar-refractivity contribution in [3.05, 3.63) is 35.4 Å². The fraction of sp³-hybridized carbons (Fsp3) is 0.588. The summed E-state index contributed by atoms with van der Waals surface area (Å²) in [4.78, 5) is 16.0. The second kappa shape index (κ2) is 8.41. The molecule has 146 valence electrons. The Morgan fingerprint density at radius 2 is 1.85 bits per heavy atom. The Kier molecular flexibility index (Phi) is 6.70. The lowest BCUT2D eigenvalue weighted by atomic mass is 10.0. The van der Waals surface area contributed by atoms with Gasteiger partial charge >= 0.3 is 0 Å². The zero-order valence-corrected chi connectivity index (χ0v) is 15.8. The maximum Gasteiger partial charge on any atom is 0.239 e. The third-order valence-corrected chi connectivity index (χ3v) is 5.68. The monoisotopic (exact) mass is 389 g/mol. The number of benzene rings is 1. The van der Waals surface area contributed by atoms with Gasteiger partial charge in [-0.15, -0.1) is 0 Å². The lowest BCUT2D eigenvalue weighted by Gasteiger charge is -2.39. The van der Waals surface area contributed by atoms with Crippen LogP contribution in [0.5, 0.6) is 0 Å². The van der Waals surface area contributed by atoms with Crippen molar-refractivity contribution in [3.63, 3.8) is 0 Å². The van der Waals surface area contributed by atoms with Gasteiger partial charge in [0.25, 0.3) is 0 Å². The van der Waals surface area contributed by atoms with E-state index in [0.717, 1.165) is 12.3 Å². The summed E-state index contributed by atoms with van der Waals surface area (Å²) in [5, 5.41) is 0. The molecule has 2 N–H and O–H groups in total. The number of nitrogens with zero attached hydrogens (tertiary/aromatic N) is 2. The summed E-state index contributed by atoms with van der Waals surface area (Å²) in [6.45, 7) is 3.76. The van der Waals surface area contributed by atoms with E-state index in [0.29, 0.717) is 31.7 Å². The van der Waals surface area contributed by atoms with E-state index >= 15 is 0 Å². The van der Waals surface area contributed by atoms with Crippen molar-refractivity contribution in [2.45, 2.75) is 25.4 Å². The van der Waals surface area contributed by atoms with E-state index in [1.54, 1.807) is 4.90 Å². The van der Waals surface area contributed by atoms with E-state index in [-0.39, 0.29) is 24.1 Å². The Morgan fingerprint density at radius 1 is 1.23 bits per heavy atom. The third kappa shape index (κ3) is 5.46. The largest absolute Gasteiger partial charge is 0.339 e. The molecule has 0 aromatic heterocycles. The van der Waals surface area contributed by atoms with Crippen molar-refractivity contribution < 1.29 is 22.0 Å². The van der Waals surface area contributed by atoms with E-state index in [1.165, 1.54) is 12.1 Å². The first kappa shape index (κ1) is 20.7.